The van der Waals surface area contributed by atoms with Crippen molar-refractivity contribution >= 4 is 5.96 Å². The fraction of sp³-hybridized carbons (Fsp3) is 0.950. The van der Waals surface area contributed by atoms with Gasteiger partial charge in [-0.05, 0) is 57.0 Å². The first-order valence-corrected chi connectivity index (χ1v) is 10.4. The molecule has 146 valence electrons. The van der Waals surface area contributed by atoms with Gasteiger partial charge in [-0.15, -0.1) is 0 Å². The van der Waals surface area contributed by atoms with Crippen LogP contribution < -0.4 is 10.6 Å². The molecule has 0 bridgehead atoms. The highest BCUT2D eigenvalue weighted by Gasteiger charge is 2.36. The van der Waals surface area contributed by atoms with Crippen LogP contribution in [0.4, 0.5) is 0 Å². The third-order valence-corrected chi connectivity index (χ3v) is 6.16. The maximum atomic E-state index is 5.30. The van der Waals surface area contributed by atoms with E-state index in [-0.39, 0.29) is 0 Å². The Morgan fingerprint density at radius 1 is 1.24 bits per heavy atom. The van der Waals surface area contributed by atoms with Gasteiger partial charge in [-0.2, -0.15) is 0 Å². The summed E-state index contributed by atoms with van der Waals surface area (Å²) in [5.41, 5.74) is 0.422. The van der Waals surface area contributed by atoms with Crippen LogP contribution >= 0.6 is 0 Å². The van der Waals surface area contributed by atoms with Crippen LogP contribution in [0.1, 0.15) is 64.7 Å². The van der Waals surface area contributed by atoms with E-state index < -0.39 is 0 Å². The molecule has 1 saturated heterocycles. The van der Waals surface area contributed by atoms with Crippen LogP contribution in [0.15, 0.2) is 4.99 Å². The van der Waals surface area contributed by atoms with E-state index in [1.807, 2.05) is 7.05 Å². The number of aliphatic imine (C=N–C) groups is 1. The second kappa shape index (κ2) is 11.0. The highest BCUT2D eigenvalue weighted by Crippen LogP contribution is 2.43. The summed E-state index contributed by atoms with van der Waals surface area (Å²) in [6.07, 6.45) is 11.8. The Balaban J connectivity index is 1.75. The van der Waals surface area contributed by atoms with Gasteiger partial charge in [-0.3, -0.25) is 9.89 Å². The van der Waals surface area contributed by atoms with Crippen molar-refractivity contribution in [1.82, 2.24) is 15.5 Å². The minimum atomic E-state index is 0.422. The van der Waals surface area contributed by atoms with E-state index >= 15 is 0 Å². The third kappa shape index (κ3) is 6.45. The molecule has 1 aliphatic heterocycles. The fourth-order valence-electron chi connectivity index (χ4n) is 4.16. The normalized spacial score (nSPS) is 24.0. The van der Waals surface area contributed by atoms with Gasteiger partial charge in [0, 0.05) is 39.9 Å². The number of guanidine groups is 1. The van der Waals surface area contributed by atoms with Gasteiger partial charge in [0.25, 0.3) is 0 Å². The molecule has 0 radical (unpaired) electrons. The van der Waals surface area contributed by atoms with E-state index in [1.165, 1.54) is 64.5 Å². The Hall–Kier alpha value is -0.810. The van der Waals surface area contributed by atoms with Crippen LogP contribution in [-0.2, 0) is 4.74 Å². The number of piperidine rings is 1. The van der Waals surface area contributed by atoms with Crippen molar-refractivity contribution < 1.29 is 4.74 Å². The predicted octanol–water partition coefficient (Wildman–Crippen LogP) is 3.01. The molecule has 5 heteroatoms. The maximum Gasteiger partial charge on any atom is 0.191 e. The molecule has 5 nitrogen and oxygen atoms in total. The van der Waals surface area contributed by atoms with E-state index in [1.54, 1.807) is 7.11 Å². The largest absolute Gasteiger partial charge is 0.385 e. The third-order valence-electron chi connectivity index (χ3n) is 6.16. The van der Waals surface area contributed by atoms with Gasteiger partial charge in [0.1, 0.15) is 0 Å². The molecule has 1 atom stereocenters. The van der Waals surface area contributed by atoms with Gasteiger partial charge in [0.15, 0.2) is 5.96 Å². The molecule has 1 saturated carbocycles. The first-order chi connectivity index (χ1) is 12.2. The average molecular weight is 353 g/mol. The number of nitrogens with one attached hydrogen (secondary N) is 2. The van der Waals surface area contributed by atoms with E-state index in [2.05, 4.69) is 27.4 Å². The molecule has 0 aromatic carbocycles. The maximum absolute atomic E-state index is 5.30. The van der Waals surface area contributed by atoms with Crippen molar-refractivity contribution in [2.45, 2.75) is 70.8 Å². The lowest BCUT2D eigenvalue weighted by Crippen LogP contribution is -2.51. The number of nitrogens with zero attached hydrogens (tertiary/aromatic N) is 2. The molecule has 0 aromatic rings. The molecule has 25 heavy (non-hydrogen) atoms. The Kier molecular flexibility index (Phi) is 9.04. The molecule has 1 heterocycles. The van der Waals surface area contributed by atoms with Gasteiger partial charge < -0.3 is 15.4 Å². The molecule has 0 amide bonds. The second-order valence-electron chi connectivity index (χ2n) is 7.94. The van der Waals surface area contributed by atoms with Crippen molar-refractivity contribution in [3.05, 3.63) is 0 Å². The summed E-state index contributed by atoms with van der Waals surface area (Å²) >= 11 is 0. The molecular formula is C20H40N4O. The lowest BCUT2D eigenvalue weighted by Gasteiger charge is -2.42. The molecule has 1 unspecified atom stereocenters. The number of rotatable bonds is 10. The summed E-state index contributed by atoms with van der Waals surface area (Å²) in [6.45, 7) is 7.67. The molecular weight excluding hydrogens is 312 g/mol. The van der Waals surface area contributed by atoms with Crippen molar-refractivity contribution in [3.63, 3.8) is 0 Å². The molecule has 2 N–H and O–H groups in total. The topological polar surface area (TPSA) is 48.9 Å². The lowest BCUT2D eigenvalue weighted by atomic mass is 9.67. The number of methoxy groups -OCH3 is 1. The smallest absolute Gasteiger partial charge is 0.191 e. The van der Waals surface area contributed by atoms with Crippen LogP contribution in [0.25, 0.3) is 0 Å². The van der Waals surface area contributed by atoms with Crippen LogP contribution in [-0.4, -0.2) is 63.8 Å². The van der Waals surface area contributed by atoms with E-state index in [9.17, 15) is 0 Å². The highest BCUT2D eigenvalue weighted by molar-refractivity contribution is 5.79. The van der Waals surface area contributed by atoms with Crippen molar-refractivity contribution in [2.75, 3.05) is 46.9 Å². The fourth-order valence-corrected chi connectivity index (χ4v) is 4.16. The minimum Gasteiger partial charge on any atom is -0.385 e. The van der Waals surface area contributed by atoms with Crippen molar-refractivity contribution in [2.24, 2.45) is 10.4 Å². The van der Waals surface area contributed by atoms with E-state index in [4.69, 9.17) is 4.74 Å². The standard InChI is InChI=1S/C20H40N4O/c1-4-5-13-24-14-7-6-9-18(24)16-22-19(21-2)23-17-20(10-8-11-20)12-15-25-3/h18H,4-17H2,1-3H3,(H2,21,22,23). The molecule has 1 aliphatic carbocycles. The Morgan fingerprint density at radius 2 is 2.08 bits per heavy atom. The molecule has 2 fully saturated rings. The quantitative estimate of drug-likeness (QED) is 0.469. The molecule has 2 rings (SSSR count). The zero-order chi connectivity index (χ0) is 18.0. The summed E-state index contributed by atoms with van der Waals surface area (Å²) in [4.78, 5) is 7.13. The summed E-state index contributed by atoms with van der Waals surface area (Å²) in [7, 11) is 3.68. The van der Waals surface area contributed by atoms with Crippen LogP contribution in [0, 0.1) is 5.41 Å². The number of likely N-dealkylation sites (tertiary alicyclic amines) is 1. The number of hydrogen-bond acceptors (Lipinski definition) is 3. The summed E-state index contributed by atoms with van der Waals surface area (Å²) in [5.74, 6) is 0.963. The zero-order valence-electron chi connectivity index (χ0n) is 16.8. The monoisotopic (exact) mass is 352 g/mol. The Morgan fingerprint density at radius 3 is 2.72 bits per heavy atom. The summed E-state index contributed by atoms with van der Waals surface area (Å²) in [5, 5.41) is 7.17. The SMILES string of the molecule is CCCCN1CCCCC1CNC(=NC)NCC1(CCOC)CCC1. The number of hydrogen-bond donors (Lipinski definition) is 2. The highest BCUT2D eigenvalue weighted by atomic mass is 16.5. The molecule has 0 spiro atoms. The summed E-state index contributed by atoms with van der Waals surface area (Å²) < 4.78 is 5.30. The van der Waals surface area contributed by atoms with Crippen LogP contribution in [0.5, 0.6) is 0 Å². The van der Waals surface area contributed by atoms with Gasteiger partial charge >= 0.3 is 0 Å². The minimum absolute atomic E-state index is 0.422. The Labute approximate surface area is 155 Å². The zero-order valence-corrected chi connectivity index (χ0v) is 16.8. The average Bonchev–Trinajstić information content (AvgIpc) is 2.61. The summed E-state index contributed by atoms with van der Waals surface area (Å²) in [6, 6.07) is 0.657. The predicted molar refractivity (Wildman–Crippen MR) is 106 cm³/mol. The second-order valence-corrected chi connectivity index (χ2v) is 7.94. The van der Waals surface area contributed by atoms with Gasteiger partial charge in [0.05, 0.1) is 0 Å². The number of unbranched alkanes of at least 4 members (excludes halogenated alkanes) is 1. The van der Waals surface area contributed by atoms with Crippen molar-refractivity contribution in [1.29, 1.82) is 0 Å². The van der Waals surface area contributed by atoms with Crippen LogP contribution in [0.2, 0.25) is 0 Å². The van der Waals surface area contributed by atoms with Gasteiger partial charge in [0.2, 0.25) is 0 Å². The lowest BCUT2D eigenvalue weighted by molar-refractivity contribution is 0.0732. The van der Waals surface area contributed by atoms with E-state index in [0.717, 1.165) is 32.1 Å². The first-order valence-electron chi connectivity index (χ1n) is 10.4. The van der Waals surface area contributed by atoms with Gasteiger partial charge in [-0.25, -0.2) is 0 Å². The van der Waals surface area contributed by atoms with Crippen molar-refractivity contribution in [3.8, 4) is 0 Å². The van der Waals surface area contributed by atoms with Gasteiger partial charge in [-0.1, -0.05) is 26.2 Å². The molecule has 0 aromatic heterocycles. The van der Waals surface area contributed by atoms with E-state index in [0.29, 0.717) is 11.5 Å². The number of ether oxygens (including phenoxy) is 1. The Bertz CT molecular complexity index is 395. The molecule has 2 aliphatic rings. The first kappa shape index (κ1) is 20.5. The van der Waals surface area contributed by atoms with Crippen LogP contribution in [0.3, 0.4) is 0 Å².